The molecule has 0 unspecified atom stereocenters. The maximum atomic E-state index is 12.3. The van der Waals surface area contributed by atoms with E-state index in [1.165, 1.54) is 6.26 Å². The standard InChI is InChI=1S/C19H18ClN3O3/c20-15-5-3-14(4-6-15)17-12-16(26-21-17)13-22-7-9-23(10-8-22)19(24)18-2-1-11-25-18/h1-6,11-12H,7-10,13H2. The van der Waals surface area contributed by atoms with E-state index in [9.17, 15) is 4.79 Å². The Morgan fingerprint density at radius 3 is 2.58 bits per heavy atom. The van der Waals surface area contributed by atoms with Crippen LogP contribution in [0.1, 0.15) is 16.3 Å². The Balaban J connectivity index is 1.33. The van der Waals surface area contributed by atoms with E-state index >= 15 is 0 Å². The first kappa shape index (κ1) is 16.9. The van der Waals surface area contributed by atoms with E-state index in [0.29, 0.717) is 30.4 Å². The van der Waals surface area contributed by atoms with Gasteiger partial charge in [-0.1, -0.05) is 28.9 Å². The van der Waals surface area contributed by atoms with Crippen molar-refractivity contribution in [2.24, 2.45) is 0 Å². The minimum Gasteiger partial charge on any atom is -0.459 e. The highest BCUT2D eigenvalue weighted by molar-refractivity contribution is 6.30. The number of hydrogen-bond donors (Lipinski definition) is 0. The van der Waals surface area contributed by atoms with Crippen LogP contribution >= 0.6 is 11.6 Å². The molecule has 2 aromatic heterocycles. The van der Waals surface area contributed by atoms with Crippen LogP contribution in [0.3, 0.4) is 0 Å². The van der Waals surface area contributed by atoms with Gasteiger partial charge in [-0.2, -0.15) is 0 Å². The molecular weight excluding hydrogens is 354 g/mol. The van der Waals surface area contributed by atoms with Gasteiger partial charge in [0.15, 0.2) is 11.5 Å². The SMILES string of the molecule is O=C(c1ccco1)N1CCN(Cc2cc(-c3ccc(Cl)cc3)no2)CC1. The Morgan fingerprint density at radius 1 is 1.12 bits per heavy atom. The Bertz CT molecular complexity index is 866. The van der Waals surface area contributed by atoms with Crippen LogP contribution in [0, 0.1) is 0 Å². The first-order valence-corrected chi connectivity index (χ1v) is 8.83. The number of carbonyl (C=O) groups is 1. The van der Waals surface area contributed by atoms with Crippen molar-refractivity contribution in [1.29, 1.82) is 0 Å². The van der Waals surface area contributed by atoms with Crippen molar-refractivity contribution in [3.8, 4) is 11.3 Å². The molecule has 0 N–H and O–H groups in total. The number of amides is 1. The molecule has 1 saturated heterocycles. The zero-order chi connectivity index (χ0) is 17.9. The summed E-state index contributed by atoms with van der Waals surface area (Å²) < 4.78 is 10.7. The predicted molar refractivity (Wildman–Crippen MR) is 96.8 cm³/mol. The molecule has 1 fully saturated rings. The molecule has 1 amide bonds. The quantitative estimate of drug-likeness (QED) is 0.701. The fourth-order valence-corrected chi connectivity index (χ4v) is 3.16. The van der Waals surface area contributed by atoms with E-state index in [-0.39, 0.29) is 5.91 Å². The van der Waals surface area contributed by atoms with Crippen molar-refractivity contribution in [2.75, 3.05) is 26.2 Å². The second-order valence-electron chi connectivity index (χ2n) is 6.23. The molecule has 1 aliphatic rings. The van der Waals surface area contributed by atoms with Crippen molar-refractivity contribution in [3.63, 3.8) is 0 Å². The molecule has 134 valence electrons. The third kappa shape index (κ3) is 3.66. The number of hydrogen-bond acceptors (Lipinski definition) is 5. The van der Waals surface area contributed by atoms with Crippen molar-refractivity contribution in [1.82, 2.24) is 15.0 Å². The number of rotatable bonds is 4. The van der Waals surface area contributed by atoms with Gasteiger partial charge >= 0.3 is 0 Å². The Labute approximate surface area is 155 Å². The fraction of sp³-hybridized carbons (Fsp3) is 0.263. The van der Waals surface area contributed by atoms with Gasteiger partial charge in [0.2, 0.25) is 0 Å². The van der Waals surface area contributed by atoms with Crippen molar-refractivity contribution >= 4 is 17.5 Å². The lowest BCUT2D eigenvalue weighted by molar-refractivity contribution is 0.0587. The summed E-state index contributed by atoms with van der Waals surface area (Å²) in [6.07, 6.45) is 1.52. The normalized spacial score (nSPS) is 15.3. The van der Waals surface area contributed by atoms with E-state index in [0.717, 1.165) is 30.1 Å². The molecule has 7 heteroatoms. The van der Waals surface area contributed by atoms with E-state index in [4.69, 9.17) is 20.5 Å². The van der Waals surface area contributed by atoms with Gasteiger partial charge in [0, 0.05) is 42.8 Å². The number of benzene rings is 1. The van der Waals surface area contributed by atoms with Gasteiger partial charge in [0.1, 0.15) is 5.69 Å². The van der Waals surface area contributed by atoms with Gasteiger partial charge in [-0.25, -0.2) is 0 Å². The Morgan fingerprint density at radius 2 is 1.88 bits per heavy atom. The van der Waals surface area contributed by atoms with Crippen molar-refractivity contribution in [3.05, 3.63) is 65.3 Å². The summed E-state index contributed by atoms with van der Waals surface area (Å²) in [5, 5.41) is 4.83. The van der Waals surface area contributed by atoms with Gasteiger partial charge < -0.3 is 13.8 Å². The van der Waals surface area contributed by atoms with E-state index < -0.39 is 0 Å². The first-order valence-electron chi connectivity index (χ1n) is 8.46. The van der Waals surface area contributed by atoms with Gasteiger partial charge in [-0.05, 0) is 24.3 Å². The second kappa shape index (κ2) is 7.35. The van der Waals surface area contributed by atoms with Gasteiger partial charge in [-0.3, -0.25) is 9.69 Å². The summed E-state index contributed by atoms with van der Waals surface area (Å²) in [5.41, 5.74) is 1.77. The number of furan rings is 1. The highest BCUT2D eigenvalue weighted by atomic mass is 35.5. The van der Waals surface area contributed by atoms with Crippen LogP contribution in [0.5, 0.6) is 0 Å². The largest absolute Gasteiger partial charge is 0.459 e. The molecule has 1 aliphatic heterocycles. The topological polar surface area (TPSA) is 62.7 Å². The number of carbonyl (C=O) groups excluding carboxylic acids is 1. The minimum atomic E-state index is -0.0562. The summed E-state index contributed by atoms with van der Waals surface area (Å²) in [6, 6.07) is 12.9. The lowest BCUT2D eigenvalue weighted by Gasteiger charge is -2.33. The molecule has 0 bridgehead atoms. The number of piperazine rings is 1. The molecule has 0 radical (unpaired) electrons. The van der Waals surface area contributed by atoms with Crippen LogP contribution in [-0.4, -0.2) is 47.0 Å². The highest BCUT2D eigenvalue weighted by Crippen LogP contribution is 2.22. The average Bonchev–Trinajstić information content (AvgIpc) is 3.35. The third-order valence-corrected chi connectivity index (χ3v) is 4.72. The molecule has 0 atom stereocenters. The molecule has 1 aromatic carbocycles. The predicted octanol–water partition coefficient (Wildman–Crippen LogP) is 3.55. The number of nitrogens with zero attached hydrogens (tertiary/aromatic N) is 3. The smallest absolute Gasteiger partial charge is 0.289 e. The van der Waals surface area contributed by atoms with Gasteiger partial charge in [0.25, 0.3) is 5.91 Å². The van der Waals surface area contributed by atoms with Crippen LogP contribution in [-0.2, 0) is 6.54 Å². The Kier molecular flexibility index (Phi) is 4.77. The minimum absolute atomic E-state index is 0.0562. The highest BCUT2D eigenvalue weighted by Gasteiger charge is 2.24. The summed E-state index contributed by atoms with van der Waals surface area (Å²) in [6.45, 7) is 3.56. The molecule has 0 saturated carbocycles. The maximum absolute atomic E-state index is 12.3. The Hall–Kier alpha value is -2.57. The molecule has 0 spiro atoms. The van der Waals surface area contributed by atoms with Crippen LogP contribution < -0.4 is 0 Å². The monoisotopic (exact) mass is 371 g/mol. The van der Waals surface area contributed by atoms with Crippen molar-refractivity contribution in [2.45, 2.75) is 6.54 Å². The fourth-order valence-electron chi connectivity index (χ4n) is 3.03. The molecule has 26 heavy (non-hydrogen) atoms. The summed E-state index contributed by atoms with van der Waals surface area (Å²) in [5.74, 6) is 1.14. The average molecular weight is 372 g/mol. The van der Waals surface area contributed by atoms with E-state index in [1.807, 2.05) is 35.2 Å². The number of aromatic nitrogens is 1. The van der Waals surface area contributed by atoms with Crippen LogP contribution in [0.25, 0.3) is 11.3 Å². The third-order valence-electron chi connectivity index (χ3n) is 4.47. The van der Waals surface area contributed by atoms with Gasteiger partial charge in [0.05, 0.1) is 12.8 Å². The van der Waals surface area contributed by atoms with Crippen LogP contribution in [0.4, 0.5) is 0 Å². The maximum Gasteiger partial charge on any atom is 0.289 e. The summed E-state index contributed by atoms with van der Waals surface area (Å²) in [4.78, 5) is 16.3. The number of halogens is 1. The summed E-state index contributed by atoms with van der Waals surface area (Å²) >= 11 is 5.92. The first-order chi connectivity index (χ1) is 12.7. The molecule has 0 aliphatic carbocycles. The zero-order valence-electron chi connectivity index (χ0n) is 14.1. The molecular formula is C19H18ClN3O3. The molecule has 6 nitrogen and oxygen atoms in total. The second-order valence-corrected chi connectivity index (χ2v) is 6.67. The molecule has 4 rings (SSSR count). The van der Waals surface area contributed by atoms with Crippen LogP contribution in [0.15, 0.2) is 57.7 Å². The molecule has 3 aromatic rings. The van der Waals surface area contributed by atoms with Gasteiger partial charge in [-0.15, -0.1) is 0 Å². The van der Waals surface area contributed by atoms with Crippen LogP contribution in [0.2, 0.25) is 5.02 Å². The lowest BCUT2D eigenvalue weighted by atomic mass is 10.1. The lowest BCUT2D eigenvalue weighted by Crippen LogP contribution is -2.48. The van der Waals surface area contributed by atoms with E-state index in [2.05, 4.69) is 10.1 Å². The van der Waals surface area contributed by atoms with E-state index in [1.54, 1.807) is 12.1 Å². The zero-order valence-corrected chi connectivity index (χ0v) is 14.9. The molecule has 3 heterocycles. The summed E-state index contributed by atoms with van der Waals surface area (Å²) in [7, 11) is 0. The van der Waals surface area contributed by atoms with Crippen molar-refractivity contribution < 1.29 is 13.7 Å².